The maximum atomic E-state index is 13.7. The van der Waals surface area contributed by atoms with Crippen LogP contribution in [0.2, 0.25) is 0 Å². The number of para-hydroxylation sites is 1. The van der Waals surface area contributed by atoms with Gasteiger partial charge in [0.15, 0.2) is 16.3 Å². The van der Waals surface area contributed by atoms with Crippen molar-refractivity contribution in [1.82, 2.24) is 4.57 Å². The number of allylic oxidation sites excluding steroid dienone is 1. The molecular weight excluding hydrogens is 468 g/mol. The lowest BCUT2D eigenvalue weighted by Crippen LogP contribution is -2.40. The fourth-order valence-corrected chi connectivity index (χ4v) is 5.12. The van der Waals surface area contributed by atoms with Gasteiger partial charge in [0, 0.05) is 5.56 Å². The van der Waals surface area contributed by atoms with Gasteiger partial charge in [-0.25, -0.2) is 9.79 Å². The number of methoxy groups -OCH3 is 3. The predicted octanol–water partition coefficient (Wildman–Crippen LogP) is 2.82. The molecule has 0 unspecified atom stereocenters. The van der Waals surface area contributed by atoms with Crippen LogP contribution in [0.1, 0.15) is 31.0 Å². The van der Waals surface area contributed by atoms with Crippen LogP contribution in [0.3, 0.4) is 0 Å². The number of carbonyl (C=O) groups is 1. The van der Waals surface area contributed by atoms with Crippen molar-refractivity contribution in [3.63, 3.8) is 0 Å². The van der Waals surface area contributed by atoms with Gasteiger partial charge < -0.3 is 18.9 Å². The van der Waals surface area contributed by atoms with E-state index in [1.54, 1.807) is 59.5 Å². The van der Waals surface area contributed by atoms with Crippen LogP contribution in [-0.2, 0) is 9.53 Å². The Balaban J connectivity index is 1.96. The second-order valence-corrected chi connectivity index (χ2v) is 8.67. The minimum Gasteiger partial charge on any atom is -0.496 e. The summed E-state index contributed by atoms with van der Waals surface area (Å²) in [5.74, 6) is 1.20. The van der Waals surface area contributed by atoms with Gasteiger partial charge in [0.2, 0.25) is 0 Å². The average Bonchev–Trinajstić information content (AvgIpc) is 3.17. The van der Waals surface area contributed by atoms with E-state index in [1.165, 1.54) is 15.9 Å². The molecule has 0 saturated carbocycles. The molecule has 0 fully saturated rings. The van der Waals surface area contributed by atoms with Gasteiger partial charge in [0.1, 0.15) is 11.8 Å². The Morgan fingerprint density at radius 3 is 2.46 bits per heavy atom. The number of nitrogens with zero attached hydrogens (tertiary/aromatic N) is 2. The molecule has 1 atom stereocenters. The van der Waals surface area contributed by atoms with Crippen molar-refractivity contribution in [3.8, 4) is 17.2 Å². The molecule has 0 aliphatic carbocycles. The number of rotatable bonds is 7. The molecule has 0 amide bonds. The highest BCUT2D eigenvalue weighted by molar-refractivity contribution is 7.07. The lowest BCUT2D eigenvalue weighted by atomic mass is 9.95. The van der Waals surface area contributed by atoms with E-state index in [-0.39, 0.29) is 12.2 Å². The Morgan fingerprint density at radius 2 is 1.77 bits per heavy atom. The van der Waals surface area contributed by atoms with Gasteiger partial charge in [-0.05, 0) is 43.7 Å². The Morgan fingerprint density at radius 1 is 1.06 bits per heavy atom. The molecule has 2 heterocycles. The first-order valence-electron chi connectivity index (χ1n) is 11.0. The average molecular weight is 495 g/mol. The van der Waals surface area contributed by atoms with Crippen LogP contribution >= 0.6 is 11.3 Å². The summed E-state index contributed by atoms with van der Waals surface area (Å²) >= 11 is 1.25. The molecule has 4 rings (SSSR count). The van der Waals surface area contributed by atoms with Crippen LogP contribution in [0.5, 0.6) is 17.2 Å². The second kappa shape index (κ2) is 10.2. The molecule has 0 radical (unpaired) electrons. The fraction of sp³-hybridized carbons (Fsp3) is 0.269. The summed E-state index contributed by atoms with van der Waals surface area (Å²) in [5.41, 5.74) is 1.97. The molecular formula is C26H26N2O6S. The maximum absolute atomic E-state index is 13.7. The summed E-state index contributed by atoms with van der Waals surface area (Å²) in [6, 6.07) is 12.0. The van der Waals surface area contributed by atoms with E-state index >= 15 is 0 Å². The van der Waals surface area contributed by atoms with Gasteiger partial charge in [-0.2, -0.15) is 0 Å². The number of esters is 1. The van der Waals surface area contributed by atoms with Crippen LogP contribution in [-0.4, -0.2) is 38.5 Å². The van der Waals surface area contributed by atoms with Crippen molar-refractivity contribution in [2.45, 2.75) is 19.9 Å². The lowest BCUT2D eigenvalue weighted by molar-refractivity contribution is -0.139. The second-order valence-electron chi connectivity index (χ2n) is 7.66. The summed E-state index contributed by atoms with van der Waals surface area (Å²) in [7, 11) is 4.68. The van der Waals surface area contributed by atoms with Gasteiger partial charge in [-0.1, -0.05) is 35.6 Å². The standard InChI is InChI=1S/C26H26N2O6S/c1-6-34-25(30)22-15(2)27-26-28(23(22)17-9-7-8-10-18(17)31-3)24(29)21(35-26)14-16-11-12-19(32-4)20(13-16)33-5/h7-14,23H,6H2,1-5H3/b21-14+/t23-/m1/s1. The highest BCUT2D eigenvalue weighted by Gasteiger charge is 2.34. The fourth-order valence-electron chi connectivity index (χ4n) is 4.07. The normalized spacial score (nSPS) is 15.3. The van der Waals surface area contributed by atoms with Crippen LogP contribution in [0, 0.1) is 0 Å². The maximum Gasteiger partial charge on any atom is 0.338 e. The molecule has 9 heteroatoms. The van der Waals surface area contributed by atoms with Crippen molar-refractivity contribution in [1.29, 1.82) is 0 Å². The summed E-state index contributed by atoms with van der Waals surface area (Å²) in [4.78, 5) is 31.8. The minimum atomic E-state index is -0.742. The van der Waals surface area contributed by atoms with Crippen LogP contribution in [0.15, 0.2) is 63.5 Å². The van der Waals surface area contributed by atoms with E-state index in [0.717, 1.165) is 5.56 Å². The third kappa shape index (κ3) is 4.46. The number of aromatic nitrogens is 1. The summed E-state index contributed by atoms with van der Waals surface area (Å²) < 4.78 is 23.6. The molecule has 1 aliphatic rings. The Bertz CT molecular complexity index is 1480. The van der Waals surface area contributed by atoms with E-state index < -0.39 is 12.0 Å². The largest absolute Gasteiger partial charge is 0.496 e. The van der Waals surface area contributed by atoms with Gasteiger partial charge in [0.05, 0.1) is 43.7 Å². The third-order valence-electron chi connectivity index (χ3n) is 5.66. The highest BCUT2D eigenvalue weighted by atomic mass is 32.1. The quantitative estimate of drug-likeness (QED) is 0.470. The van der Waals surface area contributed by atoms with E-state index in [2.05, 4.69) is 4.99 Å². The number of hydrogen-bond donors (Lipinski definition) is 0. The first kappa shape index (κ1) is 24.3. The first-order chi connectivity index (χ1) is 16.9. The smallest absolute Gasteiger partial charge is 0.338 e. The summed E-state index contributed by atoms with van der Waals surface area (Å²) in [6.45, 7) is 3.70. The molecule has 0 bridgehead atoms. The molecule has 2 aromatic carbocycles. The Kier molecular flexibility index (Phi) is 7.07. The summed E-state index contributed by atoms with van der Waals surface area (Å²) in [5, 5.41) is 0. The van der Waals surface area contributed by atoms with Crippen LogP contribution < -0.4 is 29.1 Å². The monoisotopic (exact) mass is 494 g/mol. The van der Waals surface area contributed by atoms with Crippen molar-refractivity contribution in [2.75, 3.05) is 27.9 Å². The van der Waals surface area contributed by atoms with Crippen LogP contribution in [0.4, 0.5) is 0 Å². The molecule has 35 heavy (non-hydrogen) atoms. The number of benzene rings is 2. The molecule has 0 spiro atoms. The molecule has 0 saturated heterocycles. The van der Waals surface area contributed by atoms with Gasteiger partial charge in [-0.15, -0.1) is 0 Å². The van der Waals surface area contributed by atoms with Crippen molar-refractivity contribution < 1.29 is 23.7 Å². The Hall–Kier alpha value is -3.85. The predicted molar refractivity (Wildman–Crippen MR) is 133 cm³/mol. The van der Waals surface area contributed by atoms with E-state index in [0.29, 0.717) is 43.4 Å². The lowest BCUT2D eigenvalue weighted by Gasteiger charge is -2.25. The van der Waals surface area contributed by atoms with Gasteiger partial charge in [0.25, 0.3) is 5.56 Å². The number of carbonyl (C=O) groups excluding carboxylic acids is 1. The molecule has 182 valence electrons. The van der Waals surface area contributed by atoms with Crippen molar-refractivity contribution in [3.05, 3.63) is 84.5 Å². The van der Waals surface area contributed by atoms with E-state index in [9.17, 15) is 9.59 Å². The molecule has 1 aromatic heterocycles. The van der Waals surface area contributed by atoms with E-state index in [4.69, 9.17) is 18.9 Å². The zero-order valence-corrected chi connectivity index (χ0v) is 21.0. The number of thiazole rings is 1. The molecule has 8 nitrogen and oxygen atoms in total. The third-order valence-corrected chi connectivity index (χ3v) is 6.64. The molecule has 0 N–H and O–H groups in total. The first-order valence-corrected chi connectivity index (χ1v) is 11.8. The highest BCUT2D eigenvalue weighted by Crippen LogP contribution is 2.35. The summed E-state index contributed by atoms with van der Waals surface area (Å²) in [6.07, 6.45) is 1.77. The van der Waals surface area contributed by atoms with Gasteiger partial charge in [-0.3, -0.25) is 9.36 Å². The zero-order chi connectivity index (χ0) is 25.1. The molecule has 1 aliphatic heterocycles. The zero-order valence-electron chi connectivity index (χ0n) is 20.2. The van der Waals surface area contributed by atoms with Gasteiger partial charge >= 0.3 is 5.97 Å². The number of fused-ring (bicyclic) bond motifs is 1. The number of hydrogen-bond acceptors (Lipinski definition) is 8. The van der Waals surface area contributed by atoms with Crippen molar-refractivity contribution >= 4 is 23.4 Å². The number of ether oxygens (including phenoxy) is 4. The van der Waals surface area contributed by atoms with Crippen LogP contribution in [0.25, 0.3) is 6.08 Å². The SMILES string of the molecule is CCOC(=O)C1=C(C)N=c2s/c(=C/c3ccc(OC)c(OC)c3)c(=O)n2[C@@H]1c1ccccc1OC. The molecule has 3 aromatic rings. The minimum absolute atomic E-state index is 0.206. The van der Waals surface area contributed by atoms with E-state index in [1.807, 2.05) is 24.3 Å². The topological polar surface area (TPSA) is 88.4 Å². The Labute approximate surface area is 206 Å². The van der Waals surface area contributed by atoms with Crippen molar-refractivity contribution in [2.24, 2.45) is 4.99 Å².